The Hall–Kier alpha value is -2.93. The Morgan fingerprint density at radius 1 is 1.17 bits per heavy atom. The topological polar surface area (TPSA) is 69.6 Å². The molecule has 0 spiro atoms. The molecule has 150 valence electrons. The Kier molecular flexibility index (Phi) is 5.24. The van der Waals surface area contributed by atoms with E-state index in [0.717, 1.165) is 28.8 Å². The molecule has 0 saturated heterocycles. The number of hydrogen-bond donors (Lipinski definition) is 0. The molecule has 0 bridgehead atoms. The highest BCUT2D eigenvalue weighted by molar-refractivity contribution is 6.30. The Morgan fingerprint density at radius 3 is 2.66 bits per heavy atom. The number of aryl methyl sites for hydroxylation is 1. The van der Waals surface area contributed by atoms with Crippen LogP contribution in [0, 0.1) is 19.8 Å². The largest absolute Gasteiger partial charge is 0.387 e. The van der Waals surface area contributed by atoms with Gasteiger partial charge in [-0.3, -0.25) is 0 Å². The highest BCUT2D eigenvalue weighted by atomic mass is 35.5. The number of halogens is 1. The zero-order valence-corrected chi connectivity index (χ0v) is 17.7. The summed E-state index contributed by atoms with van der Waals surface area (Å²) in [5, 5.41) is 10.2. The molecule has 0 radical (unpaired) electrons. The van der Waals surface area contributed by atoms with Gasteiger partial charge in [0.2, 0.25) is 0 Å². The van der Waals surface area contributed by atoms with Gasteiger partial charge in [0.15, 0.2) is 18.1 Å². The molecule has 4 rings (SSSR count). The van der Waals surface area contributed by atoms with Crippen molar-refractivity contribution in [2.45, 2.75) is 40.8 Å². The van der Waals surface area contributed by atoms with E-state index in [2.05, 4.69) is 52.5 Å². The Morgan fingerprint density at radius 2 is 1.93 bits per heavy atom. The predicted molar refractivity (Wildman–Crippen MR) is 114 cm³/mol. The van der Waals surface area contributed by atoms with Crippen LogP contribution in [0.4, 0.5) is 0 Å². The Balaban J connectivity index is 1.59. The van der Waals surface area contributed by atoms with Crippen LogP contribution in [0.25, 0.3) is 16.7 Å². The molecule has 0 aliphatic heterocycles. The van der Waals surface area contributed by atoms with E-state index in [0.29, 0.717) is 16.8 Å². The summed E-state index contributed by atoms with van der Waals surface area (Å²) in [6.07, 6.45) is 3.34. The third kappa shape index (κ3) is 3.82. The first-order valence-corrected chi connectivity index (χ1v) is 9.92. The van der Waals surface area contributed by atoms with E-state index in [1.54, 1.807) is 29.2 Å². The van der Waals surface area contributed by atoms with Gasteiger partial charge < -0.3 is 9.40 Å². The molecule has 0 unspecified atom stereocenters. The van der Waals surface area contributed by atoms with Gasteiger partial charge in [0.1, 0.15) is 12.0 Å². The molecule has 0 saturated carbocycles. The third-order valence-corrected chi connectivity index (χ3v) is 5.13. The molecule has 8 heteroatoms. The molecule has 3 aromatic heterocycles. The maximum absolute atomic E-state index is 5.88. The molecule has 1 aromatic carbocycles. The summed E-state index contributed by atoms with van der Waals surface area (Å²) in [4.78, 5) is 14.7. The van der Waals surface area contributed by atoms with Gasteiger partial charge in [-0.15, -0.1) is 5.10 Å². The van der Waals surface area contributed by atoms with E-state index in [1.807, 2.05) is 12.1 Å². The van der Waals surface area contributed by atoms with Gasteiger partial charge in [-0.1, -0.05) is 42.7 Å². The van der Waals surface area contributed by atoms with Crippen molar-refractivity contribution in [2.24, 2.45) is 11.1 Å². The lowest BCUT2D eigenvalue weighted by Gasteiger charge is -2.10. The van der Waals surface area contributed by atoms with E-state index >= 15 is 0 Å². The van der Waals surface area contributed by atoms with Crippen LogP contribution in [-0.2, 0) is 18.0 Å². The van der Waals surface area contributed by atoms with Gasteiger partial charge in [-0.2, -0.15) is 0 Å². The maximum atomic E-state index is 5.88. The normalized spacial score (nSPS) is 12.1. The van der Waals surface area contributed by atoms with Crippen LogP contribution in [0.3, 0.4) is 0 Å². The predicted octanol–water partition coefficient (Wildman–Crippen LogP) is 4.56. The van der Waals surface area contributed by atoms with Gasteiger partial charge in [0, 0.05) is 17.3 Å². The fourth-order valence-electron chi connectivity index (χ4n) is 3.37. The minimum absolute atomic E-state index is 0.179. The molecule has 0 atom stereocenters. The van der Waals surface area contributed by atoms with E-state index in [9.17, 15) is 0 Å². The monoisotopic (exact) mass is 410 g/mol. The van der Waals surface area contributed by atoms with Crippen LogP contribution in [0.1, 0.15) is 36.5 Å². The van der Waals surface area contributed by atoms with Crippen molar-refractivity contribution in [1.82, 2.24) is 24.1 Å². The number of benzene rings is 1. The Labute approximate surface area is 174 Å². The van der Waals surface area contributed by atoms with Crippen molar-refractivity contribution in [3.05, 3.63) is 58.3 Å². The first-order chi connectivity index (χ1) is 13.9. The average Bonchev–Trinajstić information content (AvgIpc) is 3.21. The molecular weight excluding hydrogens is 388 g/mol. The molecule has 3 heterocycles. The smallest absolute Gasteiger partial charge is 0.192 e. The standard InChI is InChI=1S/C21H23ClN6O/c1-13(2)10-27-15(4)14(3)19-20(27)23-12-28-21(19)25-18(26-28)11-29-24-9-16-5-7-17(22)8-6-16/h5-9,12-13H,10-11H2,1-4H3/b24-9+. The van der Waals surface area contributed by atoms with Crippen LogP contribution in [-0.4, -0.2) is 30.4 Å². The highest BCUT2D eigenvalue weighted by Crippen LogP contribution is 2.27. The second kappa shape index (κ2) is 7.83. The van der Waals surface area contributed by atoms with Gasteiger partial charge in [0.05, 0.1) is 11.6 Å². The van der Waals surface area contributed by atoms with Crippen LogP contribution in [0.5, 0.6) is 0 Å². The summed E-state index contributed by atoms with van der Waals surface area (Å²) in [6.45, 7) is 9.74. The molecule has 7 nitrogen and oxygen atoms in total. The summed E-state index contributed by atoms with van der Waals surface area (Å²) in [6, 6.07) is 7.35. The van der Waals surface area contributed by atoms with Gasteiger partial charge in [-0.05, 0) is 43.0 Å². The number of oxime groups is 1. The van der Waals surface area contributed by atoms with Gasteiger partial charge in [0.25, 0.3) is 0 Å². The van der Waals surface area contributed by atoms with E-state index in [4.69, 9.17) is 16.4 Å². The summed E-state index contributed by atoms with van der Waals surface area (Å²) in [5.41, 5.74) is 5.03. The maximum Gasteiger partial charge on any atom is 0.192 e. The van der Waals surface area contributed by atoms with Crippen molar-refractivity contribution in [1.29, 1.82) is 0 Å². The van der Waals surface area contributed by atoms with Crippen LogP contribution in [0.15, 0.2) is 35.7 Å². The summed E-state index contributed by atoms with van der Waals surface area (Å²) >= 11 is 5.88. The molecule has 0 aliphatic carbocycles. The first-order valence-electron chi connectivity index (χ1n) is 9.54. The minimum Gasteiger partial charge on any atom is -0.387 e. The average molecular weight is 411 g/mol. The third-order valence-electron chi connectivity index (χ3n) is 4.88. The van der Waals surface area contributed by atoms with Gasteiger partial charge in [-0.25, -0.2) is 14.5 Å². The molecule has 0 N–H and O–H groups in total. The van der Waals surface area contributed by atoms with Crippen molar-refractivity contribution in [2.75, 3.05) is 0 Å². The Bertz CT molecular complexity index is 1190. The van der Waals surface area contributed by atoms with E-state index in [1.165, 1.54) is 11.3 Å². The van der Waals surface area contributed by atoms with Crippen LogP contribution >= 0.6 is 11.6 Å². The second-order valence-corrected chi connectivity index (χ2v) is 7.95. The second-order valence-electron chi connectivity index (χ2n) is 7.51. The minimum atomic E-state index is 0.179. The number of hydrogen-bond acceptors (Lipinski definition) is 5. The summed E-state index contributed by atoms with van der Waals surface area (Å²) < 4.78 is 3.96. The fraction of sp³-hybridized carbons (Fsp3) is 0.333. The van der Waals surface area contributed by atoms with Crippen molar-refractivity contribution in [3.8, 4) is 0 Å². The lowest BCUT2D eigenvalue weighted by molar-refractivity contribution is 0.126. The molecular formula is C21H23ClN6O. The quantitative estimate of drug-likeness (QED) is 0.345. The lowest BCUT2D eigenvalue weighted by atomic mass is 10.2. The fourth-order valence-corrected chi connectivity index (χ4v) is 3.49. The van der Waals surface area contributed by atoms with Crippen LogP contribution in [0.2, 0.25) is 5.02 Å². The summed E-state index contributed by atoms with van der Waals surface area (Å²) in [5.74, 6) is 1.09. The number of aromatic nitrogens is 5. The van der Waals surface area contributed by atoms with Crippen molar-refractivity contribution >= 4 is 34.5 Å². The molecule has 0 aliphatic rings. The molecule has 0 amide bonds. The lowest BCUT2D eigenvalue weighted by Crippen LogP contribution is -2.07. The molecule has 4 aromatic rings. The molecule has 0 fully saturated rings. The first kappa shape index (κ1) is 19.4. The highest BCUT2D eigenvalue weighted by Gasteiger charge is 2.18. The number of fused-ring (bicyclic) bond motifs is 3. The van der Waals surface area contributed by atoms with E-state index in [-0.39, 0.29) is 6.61 Å². The molecule has 29 heavy (non-hydrogen) atoms. The summed E-state index contributed by atoms with van der Waals surface area (Å²) in [7, 11) is 0. The zero-order chi connectivity index (χ0) is 20.5. The van der Waals surface area contributed by atoms with Crippen LogP contribution < -0.4 is 0 Å². The SMILES string of the molecule is Cc1c(C)n(CC(C)C)c2ncn3nc(CO/N=C/c4ccc(Cl)cc4)nc3c12. The van der Waals surface area contributed by atoms with E-state index < -0.39 is 0 Å². The van der Waals surface area contributed by atoms with Gasteiger partial charge >= 0.3 is 0 Å². The van der Waals surface area contributed by atoms with Crippen molar-refractivity contribution in [3.63, 3.8) is 0 Å². The number of rotatable bonds is 6. The van der Waals surface area contributed by atoms with Crippen molar-refractivity contribution < 1.29 is 4.84 Å². The zero-order valence-electron chi connectivity index (χ0n) is 16.9. The number of nitrogens with zero attached hydrogens (tertiary/aromatic N) is 6.